The number of aliphatic hydroxyl groups is 3. The number of rotatable bonds is 7. The highest BCUT2D eigenvalue weighted by Crippen LogP contribution is 2.36. The molecule has 1 aliphatic heterocycles. The van der Waals surface area contributed by atoms with Gasteiger partial charge in [0.25, 0.3) is 0 Å². The largest absolute Gasteiger partial charge is 0.396 e. The first kappa shape index (κ1) is 25.9. The molecule has 39 heavy (non-hydrogen) atoms. The molecule has 0 radical (unpaired) electrons. The summed E-state index contributed by atoms with van der Waals surface area (Å²) in [6, 6.07) is 15.7. The lowest BCUT2D eigenvalue weighted by Crippen LogP contribution is -2.44. The van der Waals surface area contributed by atoms with Crippen LogP contribution in [0.25, 0.3) is 20.8 Å². The van der Waals surface area contributed by atoms with Crippen LogP contribution in [0.3, 0.4) is 0 Å². The zero-order valence-corrected chi connectivity index (χ0v) is 22.6. The van der Waals surface area contributed by atoms with Crippen LogP contribution in [0.15, 0.2) is 54.7 Å². The number of fused-ring (bicyclic) bond motifs is 1. The highest BCUT2D eigenvalue weighted by Gasteiger charge is 2.41. The van der Waals surface area contributed by atoms with Crippen LogP contribution < -0.4 is 15.5 Å². The Hall–Kier alpha value is -3.35. The van der Waals surface area contributed by atoms with E-state index in [9.17, 15) is 15.3 Å². The molecule has 5 N–H and O–H groups in total. The predicted molar refractivity (Wildman–Crippen MR) is 155 cm³/mol. The van der Waals surface area contributed by atoms with Crippen LogP contribution in [-0.4, -0.2) is 93.3 Å². The Bertz CT molecular complexity index is 1410. The van der Waals surface area contributed by atoms with Gasteiger partial charge in [0.05, 0.1) is 27.9 Å². The summed E-state index contributed by atoms with van der Waals surface area (Å²) in [5.41, 5.74) is 3.63. The number of anilines is 4. The van der Waals surface area contributed by atoms with Crippen molar-refractivity contribution in [2.45, 2.75) is 24.7 Å². The molecule has 1 aliphatic carbocycles. The molecule has 10 nitrogen and oxygen atoms in total. The van der Waals surface area contributed by atoms with E-state index in [1.165, 1.54) is 0 Å². The normalized spacial score (nSPS) is 23.8. The summed E-state index contributed by atoms with van der Waals surface area (Å²) in [5.74, 6) is 0.515. The third-order valence-corrected chi connectivity index (χ3v) is 8.71. The SMILES string of the molecule is CN1CCN(c2cccc(Nc3ncc(-c4nc5ccccc5s4)c(N[C@@H]4C[C@H](CO)[C@@H](O)[C@H]4O)n3)c2)CC1. The Kier molecular flexibility index (Phi) is 7.32. The lowest BCUT2D eigenvalue weighted by molar-refractivity contribution is 0.00446. The van der Waals surface area contributed by atoms with Crippen LogP contribution >= 0.6 is 11.3 Å². The molecule has 0 spiro atoms. The molecular weight excluding hydrogens is 514 g/mol. The number of thiazole rings is 1. The number of aromatic nitrogens is 3. The van der Waals surface area contributed by atoms with Gasteiger partial charge < -0.3 is 35.8 Å². The summed E-state index contributed by atoms with van der Waals surface area (Å²) in [4.78, 5) is 18.9. The number of hydrogen-bond acceptors (Lipinski definition) is 11. The Balaban J connectivity index is 1.30. The summed E-state index contributed by atoms with van der Waals surface area (Å²) in [5, 5.41) is 38.1. The molecule has 2 aromatic heterocycles. The zero-order valence-electron chi connectivity index (χ0n) is 21.7. The topological polar surface area (TPSA) is 130 Å². The third-order valence-electron chi connectivity index (χ3n) is 7.64. The van der Waals surface area contributed by atoms with Crippen molar-refractivity contribution in [2.24, 2.45) is 5.92 Å². The zero-order chi connectivity index (χ0) is 26.9. The van der Waals surface area contributed by atoms with Crippen LogP contribution in [0.5, 0.6) is 0 Å². The van der Waals surface area contributed by atoms with E-state index in [1.807, 2.05) is 36.4 Å². The maximum Gasteiger partial charge on any atom is 0.229 e. The molecule has 0 unspecified atom stereocenters. The molecule has 4 atom stereocenters. The third kappa shape index (κ3) is 5.41. The van der Waals surface area contributed by atoms with Crippen molar-refractivity contribution in [2.75, 3.05) is 55.4 Å². The van der Waals surface area contributed by atoms with Crippen LogP contribution in [-0.2, 0) is 0 Å². The van der Waals surface area contributed by atoms with E-state index in [2.05, 4.69) is 44.6 Å². The van der Waals surface area contributed by atoms with Crippen LogP contribution in [0.2, 0.25) is 0 Å². The number of hydrogen-bond donors (Lipinski definition) is 5. The summed E-state index contributed by atoms with van der Waals surface area (Å²) in [6.45, 7) is 3.82. The monoisotopic (exact) mass is 547 g/mol. The Morgan fingerprint density at radius 1 is 1.00 bits per heavy atom. The number of piperazine rings is 1. The van der Waals surface area contributed by atoms with Gasteiger partial charge in [-0.2, -0.15) is 4.98 Å². The minimum atomic E-state index is -1.03. The van der Waals surface area contributed by atoms with E-state index in [0.29, 0.717) is 23.8 Å². The van der Waals surface area contributed by atoms with Gasteiger partial charge in [-0.25, -0.2) is 9.97 Å². The van der Waals surface area contributed by atoms with Gasteiger partial charge in [-0.15, -0.1) is 11.3 Å². The molecule has 4 aromatic rings. The number of likely N-dealkylation sites (N-methyl/N-ethyl adjacent to an activating group) is 1. The Morgan fingerprint density at radius 2 is 1.82 bits per heavy atom. The van der Waals surface area contributed by atoms with Crippen molar-refractivity contribution in [3.8, 4) is 10.6 Å². The quantitative estimate of drug-likeness (QED) is 0.235. The van der Waals surface area contributed by atoms with Gasteiger partial charge in [0.2, 0.25) is 5.95 Å². The molecule has 2 aromatic carbocycles. The van der Waals surface area contributed by atoms with E-state index in [-0.39, 0.29) is 6.61 Å². The average Bonchev–Trinajstić information content (AvgIpc) is 3.50. The number of aliphatic hydroxyl groups excluding tert-OH is 3. The summed E-state index contributed by atoms with van der Waals surface area (Å²) < 4.78 is 1.05. The second-order valence-electron chi connectivity index (χ2n) is 10.3. The van der Waals surface area contributed by atoms with Crippen molar-refractivity contribution < 1.29 is 15.3 Å². The number of nitrogens with zero attached hydrogens (tertiary/aromatic N) is 5. The minimum Gasteiger partial charge on any atom is -0.396 e. The van der Waals surface area contributed by atoms with Crippen molar-refractivity contribution in [3.63, 3.8) is 0 Å². The highest BCUT2D eigenvalue weighted by molar-refractivity contribution is 7.21. The molecule has 3 heterocycles. The van der Waals surface area contributed by atoms with Crippen molar-refractivity contribution >= 4 is 44.7 Å². The van der Waals surface area contributed by atoms with Crippen molar-refractivity contribution in [3.05, 3.63) is 54.7 Å². The summed E-state index contributed by atoms with van der Waals surface area (Å²) in [7, 11) is 2.14. The minimum absolute atomic E-state index is 0.193. The fourth-order valence-corrected chi connectivity index (χ4v) is 6.27. The van der Waals surface area contributed by atoms with Crippen molar-refractivity contribution in [1.29, 1.82) is 0 Å². The first-order valence-electron chi connectivity index (χ1n) is 13.3. The van der Waals surface area contributed by atoms with Gasteiger partial charge in [0, 0.05) is 56.3 Å². The first-order chi connectivity index (χ1) is 19.0. The van der Waals surface area contributed by atoms with Gasteiger partial charge >= 0.3 is 0 Å². The molecule has 2 fully saturated rings. The second kappa shape index (κ2) is 11.0. The molecule has 0 amide bonds. The predicted octanol–water partition coefficient (Wildman–Crippen LogP) is 2.76. The molecule has 0 bridgehead atoms. The fourth-order valence-electron chi connectivity index (χ4n) is 5.29. The summed E-state index contributed by atoms with van der Waals surface area (Å²) in [6.07, 6.45) is 0.117. The molecule has 11 heteroatoms. The van der Waals surface area contributed by atoms with Gasteiger partial charge in [-0.3, -0.25) is 0 Å². The van der Waals surface area contributed by atoms with E-state index in [4.69, 9.17) is 9.97 Å². The first-order valence-corrected chi connectivity index (χ1v) is 14.1. The molecule has 1 saturated carbocycles. The van der Waals surface area contributed by atoms with E-state index in [0.717, 1.165) is 52.8 Å². The lowest BCUT2D eigenvalue weighted by atomic mass is 10.1. The van der Waals surface area contributed by atoms with Crippen LogP contribution in [0, 0.1) is 5.92 Å². The maximum absolute atomic E-state index is 10.7. The number of para-hydroxylation sites is 1. The van der Waals surface area contributed by atoms with Gasteiger partial charge in [0.1, 0.15) is 16.9 Å². The van der Waals surface area contributed by atoms with Gasteiger partial charge in [-0.05, 0) is 43.8 Å². The second-order valence-corrected chi connectivity index (χ2v) is 11.3. The van der Waals surface area contributed by atoms with Crippen LogP contribution in [0.4, 0.5) is 23.1 Å². The van der Waals surface area contributed by atoms with Gasteiger partial charge in [0.15, 0.2) is 0 Å². The molecular formula is C28H33N7O3S. The maximum atomic E-state index is 10.7. The highest BCUT2D eigenvalue weighted by atomic mass is 32.1. The lowest BCUT2D eigenvalue weighted by Gasteiger charge is -2.34. The fraction of sp³-hybridized carbons (Fsp3) is 0.393. The molecule has 204 valence electrons. The summed E-state index contributed by atoms with van der Waals surface area (Å²) >= 11 is 1.54. The smallest absolute Gasteiger partial charge is 0.229 e. The van der Waals surface area contributed by atoms with E-state index < -0.39 is 24.2 Å². The van der Waals surface area contributed by atoms with Gasteiger partial charge in [-0.1, -0.05) is 18.2 Å². The Labute approximate surface area is 231 Å². The Morgan fingerprint density at radius 3 is 2.59 bits per heavy atom. The van der Waals surface area contributed by atoms with Crippen LogP contribution in [0.1, 0.15) is 6.42 Å². The van der Waals surface area contributed by atoms with E-state index in [1.54, 1.807) is 17.5 Å². The molecule has 6 rings (SSSR count). The number of benzene rings is 2. The molecule has 2 aliphatic rings. The van der Waals surface area contributed by atoms with Crippen molar-refractivity contribution in [1.82, 2.24) is 19.9 Å². The molecule has 1 saturated heterocycles. The number of nitrogens with one attached hydrogen (secondary N) is 2. The average molecular weight is 548 g/mol. The standard InChI is InChI=1S/C28H33N7O3S/c1-34-9-11-35(12-10-34)19-6-4-5-18(14-19)30-28-29-15-20(27-32-21-7-2-3-8-23(21)39-27)26(33-28)31-22-13-17(16-36)24(37)25(22)38/h2-8,14-15,17,22,24-25,36-38H,9-13,16H2,1H3,(H2,29,30,31,33)/t17-,22-,24-,25+/m1/s1. The van der Waals surface area contributed by atoms with E-state index >= 15 is 0 Å².